The Bertz CT molecular complexity index is 419. The van der Waals surface area contributed by atoms with E-state index in [9.17, 15) is 4.79 Å². The van der Waals surface area contributed by atoms with Crippen molar-refractivity contribution in [3.05, 3.63) is 29.8 Å². The highest BCUT2D eigenvalue weighted by Gasteiger charge is 2.41. The smallest absolute Gasteiger partial charge is 0.136 e. The van der Waals surface area contributed by atoms with Crippen LogP contribution in [-0.2, 0) is 4.79 Å². The first-order chi connectivity index (χ1) is 8.67. The number of hydrogen-bond donors (Lipinski definition) is 0. The van der Waals surface area contributed by atoms with Crippen LogP contribution in [0.15, 0.2) is 29.2 Å². The van der Waals surface area contributed by atoms with E-state index in [1.54, 1.807) is 18.7 Å². The van der Waals surface area contributed by atoms with E-state index in [4.69, 9.17) is 0 Å². The van der Waals surface area contributed by atoms with Gasteiger partial charge in [0.2, 0.25) is 0 Å². The van der Waals surface area contributed by atoms with E-state index in [2.05, 4.69) is 45.0 Å². The Balaban J connectivity index is 0.00000154. The van der Waals surface area contributed by atoms with Crippen molar-refractivity contribution >= 4 is 17.5 Å². The number of carbonyl (C=O) groups excluding carboxylic acids is 1. The lowest BCUT2D eigenvalue weighted by Gasteiger charge is -2.39. The van der Waals surface area contributed by atoms with E-state index in [0.717, 1.165) is 0 Å². The Hall–Kier alpha value is -0.760. The summed E-state index contributed by atoms with van der Waals surface area (Å²) in [5.74, 6) is 0.239. The lowest BCUT2D eigenvalue weighted by molar-refractivity contribution is -0.126. The molecule has 0 bridgehead atoms. The summed E-state index contributed by atoms with van der Waals surface area (Å²) in [4.78, 5) is 13.0. The molecule has 0 unspecified atom stereocenters. The van der Waals surface area contributed by atoms with Crippen LogP contribution in [0, 0.1) is 12.3 Å². The molecule has 19 heavy (non-hydrogen) atoms. The molecule has 0 aliphatic rings. The van der Waals surface area contributed by atoms with Crippen LogP contribution < -0.4 is 0 Å². The molecular formula is C17H28OS. The highest BCUT2D eigenvalue weighted by molar-refractivity contribution is 8.00. The first kappa shape index (κ1) is 18.2. The summed E-state index contributed by atoms with van der Waals surface area (Å²) in [5.41, 5.74) is 0.924. The zero-order valence-corrected chi connectivity index (χ0v) is 14.4. The second kappa shape index (κ2) is 7.14. The monoisotopic (exact) mass is 280 g/mol. The standard InChI is InChI=1S/C15H22OS.C2H6/c1-11-8-7-9-13(10-11)17-15(5,6)14(3,4)12(2)16;1-2/h7-10H,1-6H3;1-2H3. The molecule has 108 valence electrons. The number of benzene rings is 1. The second-order valence-electron chi connectivity index (χ2n) is 5.61. The van der Waals surface area contributed by atoms with Crippen molar-refractivity contribution in [1.29, 1.82) is 0 Å². The number of thioether (sulfide) groups is 1. The molecule has 0 saturated carbocycles. The molecule has 0 heterocycles. The first-order valence-corrected chi connectivity index (χ1v) is 7.75. The topological polar surface area (TPSA) is 17.1 Å². The van der Waals surface area contributed by atoms with Gasteiger partial charge in [0.05, 0.1) is 0 Å². The van der Waals surface area contributed by atoms with Crippen molar-refractivity contribution in [1.82, 2.24) is 0 Å². The molecule has 0 aliphatic heterocycles. The van der Waals surface area contributed by atoms with Gasteiger partial charge in [-0.05, 0) is 39.8 Å². The van der Waals surface area contributed by atoms with Gasteiger partial charge in [-0.25, -0.2) is 0 Å². The number of hydrogen-bond acceptors (Lipinski definition) is 2. The summed E-state index contributed by atoms with van der Waals surface area (Å²) in [6, 6.07) is 8.43. The number of aryl methyl sites for hydroxylation is 1. The molecule has 1 rings (SSSR count). The average molecular weight is 280 g/mol. The van der Waals surface area contributed by atoms with Gasteiger partial charge < -0.3 is 0 Å². The van der Waals surface area contributed by atoms with Crippen LogP contribution in [-0.4, -0.2) is 10.5 Å². The van der Waals surface area contributed by atoms with Crippen LogP contribution in [0.3, 0.4) is 0 Å². The minimum absolute atomic E-state index is 0.118. The molecule has 0 saturated heterocycles. The Morgan fingerprint density at radius 3 is 2.05 bits per heavy atom. The summed E-state index contributed by atoms with van der Waals surface area (Å²) in [7, 11) is 0. The van der Waals surface area contributed by atoms with E-state index in [-0.39, 0.29) is 15.9 Å². The summed E-state index contributed by atoms with van der Waals surface area (Å²) in [6.45, 7) is 16.1. The first-order valence-electron chi connectivity index (χ1n) is 6.93. The molecule has 0 aromatic heterocycles. The Labute approximate surface area is 123 Å². The van der Waals surface area contributed by atoms with Crippen LogP contribution in [0.5, 0.6) is 0 Å². The van der Waals surface area contributed by atoms with Gasteiger partial charge in [0, 0.05) is 15.1 Å². The maximum atomic E-state index is 11.8. The van der Waals surface area contributed by atoms with Crippen molar-refractivity contribution in [3.63, 3.8) is 0 Å². The van der Waals surface area contributed by atoms with E-state index in [1.165, 1.54) is 10.5 Å². The van der Waals surface area contributed by atoms with Gasteiger partial charge in [-0.3, -0.25) is 4.79 Å². The predicted octanol–water partition coefficient (Wildman–Crippen LogP) is 5.51. The molecule has 2 heteroatoms. The number of ketones is 1. The van der Waals surface area contributed by atoms with Gasteiger partial charge in [-0.15, -0.1) is 11.8 Å². The minimum Gasteiger partial charge on any atom is -0.299 e. The number of Topliss-reactive ketones (excluding diaryl/α,β-unsaturated/α-hetero) is 1. The zero-order chi connectivity index (χ0) is 15.3. The van der Waals surface area contributed by atoms with Crippen molar-refractivity contribution in [3.8, 4) is 0 Å². The molecule has 1 nitrogen and oxygen atoms in total. The summed E-state index contributed by atoms with van der Waals surface area (Å²) >= 11 is 1.77. The molecule has 0 fully saturated rings. The summed E-state index contributed by atoms with van der Waals surface area (Å²) < 4.78 is -0.118. The molecule has 0 amide bonds. The lowest BCUT2D eigenvalue weighted by Crippen LogP contribution is -2.41. The maximum Gasteiger partial charge on any atom is 0.136 e. The summed E-state index contributed by atoms with van der Waals surface area (Å²) in [5, 5.41) is 0. The maximum absolute atomic E-state index is 11.8. The van der Waals surface area contributed by atoms with E-state index < -0.39 is 0 Å². The highest BCUT2D eigenvalue weighted by atomic mass is 32.2. The van der Waals surface area contributed by atoms with Crippen LogP contribution in [0.2, 0.25) is 0 Å². The second-order valence-corrected chi connectivity index (χ2v) is 7.31. The molecule has 0 spiro atoms. The fraction of sp³-hybridized carbons (Fsp3) is 0.588. The molecule has 0 N–H and O–H groups in total. The number of carbonyl (C=O) groups is 1. The third kappa shape index (κ3) is 4.68. The lowest BCUT2D eigenvalue weighted by atomic mass is 9.77. The van der Waals surface area contributed by atoms with Gasteiger partial charge >= 0.3 is 0 Å². The highest BCUT2D eigenvalue weighted by Crippen LogP contribution is 2.45. The van der Waals surface area contributed by atoms with Crippen LogP contribution in [0.4, 0.5) is 0 Å². The van der Waals surface area contributed by atoms with Crippen molar-refractivity contribution in [2.45, 2.75) is 65.0 Å². The Kier molecular flexibility index (Phi) is 6.85. The Morgan fingerprint density at radius 1 is 1.11 bits per heavy atom. The minimum atomic E-state index is -0.332. The molecule has 0 radical (unpaired) electrons. The van der Waals surface area contributed by atoms with Crippen LogP contribution >= 0.6 is 11.8 Å². The fourth-order valence-corrected chi connectivity index (χ4v) is 2.90. The SMILES string of the molecule is CC.CC(=O)C(C)(C)C(C)(C)Sc1cccc(C)c1. The zero-order valence-electron chi connectivity index (χ0n) is 13.6. The normalized spacial score (nSPS) is 11.6. The molecule has 1 aromatic carbocycles. The van der Waals surface area contributed by atoms with Gasteiger partial charge in [-0.2, -0.15) is 0 Å². The van der Waals surface area contributed by atoms with Gasteiger partial charge in [0.1, 0.15) is 5.78 Å². The molecular weight excluding hydrogens is 252 g/mol. The van der Waals surface area contributed by atoms with Gasteiger partial charge in [0.25, 0.3) is 0 Å². The van der Waals surface area contributed by atoms with Gasteiger partial charge in [-0.1, -0.05) is 45.4 Å². The molecule has 0 aliphatic carbocycles. The van der Waals surface area contributed by atoms with Crippen molar-refractivity contribution < 1.29 is 4.79 Å². The van der Waals surface area contributed by atoms with Crippen molar-refractivity contribution in [2.24, 2.45) is 5.41 Å². The van der Waals surface area contributed by atoms with E-state index in [0.29, 0.717) is 0 Å². The predicted molar refractivity (Wildman–Crippen MR) is 86.9 cm³/mol. The van der Waals surface area contributed by atoms with Gasteiger partial charge in [0.15, 0.2) is 0 Å². The average Bonchev–Trinajstić information content (AvgIpc) is 2.30. The Morgan fingerprint density at radius 2 is 1.63 bits per heavy atom. The third-order valence-corrected chi connectivity index (χ3v) is 5.26. The molecule has 0 atom stereocenters. The van der Waals surface area contributed by atoms with E-state index in [1.807, 2.05) is 27.7 Å². The molecule has 1 aromatic rings. The van der Waals surface area contributed by atoms with E-state index >= 15 is 0 Å². The fourth-order valence-electron chi connectivity index (χ4n) is 1.52. The number of rotatable bonds is 4. The summed E-state index contributed by atoms with van der Waals surface area (Å²) in [6.07, 6.45) is 0. The van der Waals surface area contributed by atoms with Crippen molar-refractivity contribution in [2.75, 3.05) is 0 Å². The third-order valence-electron chi connectivity index (χ3n) is 3.75. The van der Waals surface area contributed by atoms with Crippen LogP contribution in [0.1, 0.15) is 54.0 Å². The quantitative estimate of drug-likeness (QED) is 0.677. The van der Waals surface area contributed by atoms with Crippen LogP contribution in [0.25, 0.3) is 0 Å². The largest absolute Gasteiger partial charge is 0.299 e.